The van der Waals surface area contributed by atoms with E-state index < -0.39 is 21.3 Å². The standard InChI is InChI=1S/C15H13FO6S/c16-12-5-1-10(2-6-12)9-22-13-7-3-11(4-8-13)14(17)15(18)23(19,20)21/h1-8,15,18H,9H2,(H,19,20,21). The van der Waals surface area contributed by atoms with Gasteiger partial charge in [0, 0.05) is 5.56 Å². The van der Waals surface area contributed by atoms with E-state index in [0.717, 1.165) is 5.56 Å². The van der Waals surface area contributed by atoms with E-state index in [2.05, 4.69) is 0 Å². The summed E-state index contributed by atoms with van der Waals surface area (Å²) in [5, 5.41) is 9.20. The molecule has 0 bridgehead atoms. The zero-order valence-electron chi connectivity index (χ0n) is 11.7. The fourth-order valence-electron chi connectivity index (χ4n) is 1.74. The van der Waals surface area contributed by atoms with Crippen molar-refractivity contribution >= 4 is 15.9 Å². The molecule has 1 unspecified atom stereocenters. The molecular formula is C15H13FO6S. The molecule has 0 saturated heterocycles. The summed E-state index contributed by atoms with van der Waals surface area (Å²) in [6.07, 6.45) is 0. The molecule has 0 fully saturated rings. The Morgan fingerprint density at radius 1 is 1.09 bits per heavy atom. The summed E-state index contributed by atoms with van der Waals surface area (Å²) in [7, 11) is -4.87. The van der Waals surface area contributed by atoms with Crippen LogP contribution < -0.4 is 4.74 Å². The third-order valence-electron chi connectivity index (χ3n) is 2.96. The first-order valence-electron chi connectivity index (χ1n) is 6.43. The maximum Gasteiger partial charge on any atom is 0.299 e. The Labute approximate surface area is 131 Å². The third-order valence-corrected chi connectivity index (χ3v) is 3.74. The molecule has 6 nitrogen and oxygen atoms in total. The number of carbonyl (C=O) groups is 1. The minimum absolute atomic E-state index is 0.0933. The Morgan fingerprint density at radius 2 is 1.65 bits per heavy atom. The molecule has 2 N–H and O–H groups in total. The number of carbonyl (C=O) groups excluding carboxylic acids is 1. The van der Waals surface area contributed by atoms with Crippen LogP contribution in [0.3, 0.4) is 0 Å². The molecule has 2 aromatic carbocycles. The van der Waals surface area contributed by atoms with E-state index in [-0.39, 0.29) is 18.0 Å². The van der Waals surface area contributed by atoms with Crippen molar-refractivity contribution in [3.05, 3.63) is 65.5 Å². The summed E-state index contributed by atoms with van der Waals surface area (Å²) in [6.45, 7) is 0.182. The van der Waals surface area contributed by atoms with Crippen molar-refractivity contribution in [3.63, 3.8) is 0 Å². The second-order valence-electron chi connectivity index (χ2n) is 4.67. The van der Waals surface area contributed by atoms with Gasteiger partial charge in [0.2, 0.25) is 11.2 Å². The first-order valence-corrected chi connectivity index (χ1v) is 7.93. The Morgan fingerprint density at radius 3 is 2.17 bits per heavy atom. The van der Waals surface area contributed by atoms with E-state index in [1.807, 2.05) is 0 Å². The lowest BCUT2D eigenvalue weighted by Gasteiger charge is -2.09. The molecule has 2 aromatic rings. The van der Waals surface area contributed by atoms with Crippen molar-refractivity contribution in [1.82, 2.24) is 0 Å². The zero-order valence-corrected chi connectivity index (χ0v) is 12.5. The summed E-state index contributed by atoms with van der Waals surface area (Å²) in [4.78, 5) is 11.6. The summed E-state index contributed by atoms with van der Waals surface area (Å²) in [6, 6.07) is 11.1. The lowest BCUT2D eigenvalue weighted by molar-refractivity contribution is 0.0848. The predicted molar refractivity (Wildman–Crippen MR) is 79.1 cm³/mol. The highest BCUT2D eigenvalue weighted by Crippen LogP contribution is 2.16. The van der Waals surface area contributed by atoms with Crippen molar-refractivity contribution < 1.29 is 32.0 Å². The van der Waals surface area contributed by atoms with Crippen LogP contribution in [0.1, 0.15) is 15.9 Å². The summed E-state index contributed by atoms with van der Waals surface area (Å²) >= 11 is 0. The number of hydrogen-bond acceptors (Lipinski definition) is 5. The van der Waals surface area contributed by atoms with Gasteiger partial charge in [0.15, 0.2) is 0 Å². The molecule has 1 atom stereocenters. The molecule has 0 aliphatic carbocycles. The first kappa shape index (κ1) is 17.1. The van der Waals surface area contributed by atoms with E-state index in [0.29, 0.717) is 5.75 Å². The monoisotopic (exact) mass is 340 g/mol. The molecule has 122 valence electrons. The molecule has 0 aliphatic heterocycles. The molecule has 23 heavy (non-hydrogen) atoms. The number of aliphatic hydroxyl groups excluding tert-OH is 1. The molecule has 0 aliphatic rings. The van der Waals surface area contributed by atoms with Gasteiger partial charge in [0.25, 0.3) is 10.1 Å². The quantitative estimate of drug-likeness (QED) is 0.614. The number of ketones is 1. The van der Waals surface area contributed by atoms with Crippen LogP contribution in [-0.2, 0) is 16.7 Å². The van der Waals surface area contributed by atoms with Gasteiger partial charge in [0.05, 0.1) is 0 Å². The van der Waals surface area contributed by atoms with Gasteiger partial charge in [-0.3, -0.25) is 9.35 Å². The van der Waals surface area contributed by atoms with Gasteiger partial charge in [-0.1, -0.05) is 12.1 Å². The van der Waals surface area contributed by atoms with Crippen LogP contribution in [0.25, 0.3) is 0 Å². The zero-order chi connectivity index (χ0) is 17.0. The Balaban J connectivity index is 2.02. The van der Waals surface area contributed by atoms with Crippen LogP contribution in [0.15, 0.2) is 48.5 Å². The molecular weight excluding hydrogens is 327 g/mol. The Hall–Kier alpha value is -2.29. The lowest BCUT2D eigenvalue weighted by atomic mass is 10.1. The third kappa shape index (κ3) is 4.59. The molecule has 0 spiro atoms. The Bertz CT molecular complexity index is 784. The van der Waals surface area contributed by atoms with E-state index in [4.69, 9.17) is 9.29 Å². The average molecular weight is 340 g/mol. The maximum absolute atomic E-state index is 12.8. The number of halogens is 1. The summed E-state index contributed by atoms with van der Waals surface area (Å²) in [5.41, 5.74) is -1.87. The highest BCUT2D eigenvalue weighted by molar-refractivity contribution is 7.87. The fraction of sp³-hybridized carbons (Fsp3) is 0.133. The average Bonchev–Trinajstić information content (AvgIpc) is 2.52. The maximum atomic E-state index is 12.8. The van der Waals surface area contributed by atoms with Crippen molar-refractivity contribution in [1.29, 1.82) is 0 Å². The molecule has 0 amide bonds. The molecule has 2 rings (SSSR count). The number of ether oxygens (including phenoxy) is 1. The van der Waals surface area contributed by atoms with Gasteiger partial charge in [-0.2, -0.15) is 8.42 Å². The van der Waals surface area contributed by atoms with Crippen LogP contribution in [0.5, 0.6) is 5.75 Å². The normalized spacial score (nSPS) is 12.7. The van der Waals surface area contributed by atoms with E-state index in [1.54, 1.807) is 12.1 Å². The molecule has 0 aromatic heterocycles. The minimum Gasteiger partial charge on any atom is -0.489 e. The number of hydrogen-bond donors (Lipinski definition) is 2. The smallest absolute Gasteiger partial charge is 0.299 e. The van der Waals surface area contributed by atoms with Gasteiger partial charge in [0.1, 0.15) is 18.2 Å². The van der Waals surface area contributed by atoms with Gasteiger partial charge >= 0.3 is 0 Å². The van der Waals surface area contributed by atoms with Gasteiger partial charge in [-0.15, -0.1) is 0 Å². The van der Waals surface area contributed by atoms with Crippen LogP contribution in [0.4, 0.5) is 4.39 Å². The van der Waals surface area contributed by atoms with Crippen LogP contribution >= 0.6 is 0 Å². The SMILES string of the molecule is O=C(c1ccc(OCc2ccc(F)cc2)cc1)C(O)S(=O)(=O)O. The number of benzene rings is 2. The highest BCUT2D eigenvalue weighted by Gasteiger charge is 2.29. The van der Waals surface area contributed by atoms with Crippen molar-refractivity contribution in [3.8, 4) is 5.75 Å². The fourth-order valence-corrected chi connectivity index (χ4v) is 2.15. The topological polar surface area (TPSA) is 101 Å². The lowest BCUT2D eigenvalue weighted by Crippen LogP contribution is -2.29. The number of Topliss-reactive ketones (excluding diaryl/α,β-unsaturated/α-hetero) is 1. The van der Waals surface area contributed by atoms with Gasteiger partial charge in [-0.25, -0.2) is 4.39 Å². The van der Waals surface area contributed by atoms with Crippen molar-refractivity contribution in [2.24, 2.45) is 0 Å². The minimum atomic E-state index is -4.87. The largest absolute Gasteiger partial charge is 0.489 e. The number of rotatable bonds is 6. The van der Waals surface area contributed by atoms with Crippen molar-refractivity contribution in [2.45, 2.75) is 12.0 Å². The predicted octanol–water partition coefficient (Wildman–Crippen LogP) is 1.79. The highest BCUT2D eigenvalue weighted by atomic mass is 32.2. The second kappa shape index (κ2) is 6.86. The van der Waals surface area contributed by atoms with E-state index in [1.165, 1.54) is 36.4 Å². The van der Waals surface area contributed by atoms with Crippen LogP contribution in [0, 0.1) is 5.82 Å². The van der Waals surface area contributed by atoms with E-state index in [9.17, 15) is 22.7 Å². The van der Waals surface area contributed by atoms with Gasteiger partial charge in [-0.05, 0) is 42.0 Å². The van der Waals surface area contributed by atoms with Crippen LogP contribution in [0.2, 0.25) is 0 Å². The van der Waals surface area contributed by atoms with Crippen molar-refractivity contribution in [2.75, 3.05) is 0 Å². The Kier molecular flexibility index (Phi) is 5.09. The number of aliphatic hydroxyl groups is 1. The van der Waals surface area contributed by atoms with Crippen LogP contribution in [-0.4, -0.2) is 29.3 Å². The van der Waals surface area contributed by atoms with Gasteiger partial charge < -0.3 is 9.84 Å². The molecule has 0 heterocycles. The first-order chi connectivity index (χ1) is 10.8. The van der Waals surface area contributed by atoms with E-state index >= 15 is 0 Å². The molecule has 8 heteroatoms. The summed E-state index contributed by atoms with van der Waals surface area (Å²) < 4.78 is 48.3. The molecule has 0 radical (unpaired) electrons. The molecule has 0 saturated carbocycles. The summed E-state index contributed by atoms with van der Waals surface area (Å²) in [5.74, 6) is -1.10. The second-order valence-corrected chi connectivity index (χ2v) is 6.15.